The minimum absolute atomic E-state index is 0.00133. The van der Waals surface area contributed by atoms with Crippen LogP contribution in [0.1, 0.15) is 25.3 Å². The molecule has 1 fully saturated rings. The van der Waals surface area contributed by atoms with Crippen molar-refractivity contribution < 1.29 is 33.0 Å². The summed E-state index contributed by atoms with van der Waals surface area (Å²) in [7, 11) is 2.73. The van der Waals surface area contributed by atoms with Gasteiger partial charge in [0, 0.05) is 42.2 Å². The Hall–Kier alpha value is -2.37. The van der Waals surface area contributed by atoms with E-state index in [1.54, 1.807) is 0 Å². The SMILES string of the molecule is COc1c(Cl)cc(N(C)C(=O)C[C@H](C(=O)O)C2(N3CC(F)(F)C[C@@H]3C)C(=O)Nc3c(Cl)cc(Cl)cc32)cc1Cl. The van der Waals surface area contributed by atoms with E-state index in [2.05, 4.69) is 5.32 Å². The zero-order chi connectivity index (χ0) is 29.0. The molecule has 1 unspecified atom stereocenters. The van der Waals surface area contributed by atoms with Gasteiger partial charge in [-0.05, 0) is 31.2 Å². The molecule has 2 amide bonds. The fourth-order valence-electron chi connectivity index (χ4n) is 5.45. The molecule has 0 spiro atoms. The van der Waals surface area contributed by atoms with Crippen LogP contribution in [-0.4, -0.2) is 60.5 Å². The maximum atomic E-state index is 14.7. The number of aliphatic carboxylic acids is 1. The number of carbonyl (C=O) groups excluding carboxylic acids is 2. The van der Waals surface area contributed by atoms with Crippen LogP contribution in [0.25, 0.3) is 0 Å². The van der Waals surface area contributed by atoms with E-state index in [1.807, 2.05) is 0 Å². The third-order valence-corrected chi connectivity index (χ3v) is 8.24. The summed E-state index contributed by atoms with van der Waals surface area (Å²) in [6.45, 7) is 0.553. The second-order valence-corrected chi connectivity index (χ2v) is 11.2. The number of halogens is 6. The van der Waals surface area contributed by atoms with Gasteiger partial charge >= 0.3 is 5.97 Å². The van der Waals surface area contributed by atoms with Crippen LogP contribution >= 0.6 is 46.4 Å². The van der Waals surface area contributed by atoms with Crippen molar-refractivity contribution in [1.82, 2.24) is 4.90 Å². The summed E-state index contributed by atoms with van der Waals surface area (Å²) >= 11 is 25.0. The smallest absolute Gasteiger partial charge is 0.309 e. The molecule has 0 bridgehead atoms. The summed E-state index contributed by atoms with van der Waals surface area (Å²) in [6, 6.07) is 4.53. The van der Waals surface area contributed by atoms with Crippen LogP contribution in [-0.2, 0) is 19.9 Å². The maximum absolute atomic E-state index is 14.7. The molecule has 2 heterocycles. The molecule has 2 aromatic rings. The number of nitrogens with one attached hydrogen (secondary N) is 1. The minimum Gasteiger partial charge on any atom is -0.494 e. The van der Waals surface area contributed by atoms with Crippen LogP contribution in [0.3, 0.4) is 0 Å². The summed E-state index contributed by atoms with van der Waals surface area (Å²) in [5.41, 5.74) is -1.94. The molecule has 2 aromatic carbocycles. The number of likely N-dealkylation sites (tertiary alicyclic amines) is 1. The van der Waals surface area contributed by atoms with Gasteiger partial charge in [0.05, 0.1) is 40.3 Å². The minimum atomic E-state index is -3.21. The highest BCUT2D eigenvalue weighted by molar-refractivity contribution is 6.38. The van der Waals surface area contributed by atoms with Gasteiger partial charge in [0.2, 0.25) is 5.91 Å². The highest BCUT2D eigenvalue weighted by Gasteiger charge is 2.64. The van der Waals surface area contributed by atoms with Gasteiger partial charge in [-0.3, -0.25) is 19.3 Å². The van der Waals surface area contributed by atoms with Crippen molar-refractivity contribution in [3.8, 4) is 5.75 Å². The van der Waals surface area contributed by atoms with Crippen LogP contribution in [0.5, 0.6) is 5.75 Å². The molecule has 210 valence electrons. The van der Waals surface area contributed by atoms with Gasteiger partial charge in [-0.15, -0.1) is 0 Å². The van der Waals surface area contributed by atoms with E-state index in [4.69, 9.17) is 51.1 Å². The standard InChI is InChI=1S/C25H23Cl4F2N3O5/c1-11-9-24(30,31)10-34(11)25(14-4-12(26)5-16(27)20(14)32-23(25)38)15(22(36)37)8-19(35)33(2)13-6-17(28)21(39-3)18(29)7-13/h4-7,11,15H,8-10H2,1-3H3,(H,32,38)(H,36,37)/t11-,15+,25?/m0/s1. The molecule has 0 aromatic heterocycles. The molecule has 0 saturated carbocycles. The van der Waals surface area contributed by atoms with Crippen LogP contribution in [0, 0.1) is 5.92 Å². The predicted octanol–water partition coefficient (Wildman–Crippen LogP) is 5.94. The van der Waals surface area contributed by atoms with Crippen LogP contribution in [0.2, 0.25) is 20.1 Å². The number of carbonyl (C=O) groups is 3. The molecule has 2 aliphatic rings. The van der Waals surface area contributed by atoms with E-state index >= 15 is 0 Å². The highest BCUT2D eigenvalue weighted by Crippen LogP contribution is 2.54. The van der Waals surface area contributed by atoms with Crippen molar-refractivity contribution >= 4 is 75.6 Å². The third-order valence-electron chi connectivity index (χ3n) is 7.16. The Bertz CT molecular complexity index is 1350. The number of fused-ring (bicyclic) bond motifs is 1. The van der Waals surface area contributed by atoms with Gasteiger partial charge in [-0.1, -0.05) is 46.4 Å². The summed E-state index contributed by atoms with van der Waals surface area (Å²) in [5.74, 6) is -8.04. The number of rotatable bonds is 7. The lowest BCUT2D eigenvalue weighted by molar-refractivity contribution is -0.157. The topological polar surface area (TPSA) is 99.2 Å². The molecular formula is C25H23Cl4F2N3O5. The summed E-state index contributed by atoms with van der Waals surface area (Å²) in [4.78, 5) is 42.3. The Labute approximate surface area is 242 Å². The van der Waals surface area contributed by atoms with E-state index in [1.165, 1.54) is 45.3 Å². The van der Waals surface area contributed by atoms with E-state index in [9.17, 15) is 28.3 Å². The Morgan fingerprint density at radius 2 is 1.79 bits per heavy atom. The quantitative estimate of drug-likeness (QED) is 0.396. The van der Waals surface area contributed by atoms with Gasteiger partial charge in [0.25, 0.3) is 11.8 Å². The predicted molar refractivity (Wildman–Crippen MR) is 145 cm³/mol. The van der Waals surface area contributed by atoms with Crippen molar-refractivity contribution in [1.29, 1.82) is 0 Å². The van der Waals surface area contributed by atoms with Gasteiger partial charge in [-0.25, -0.2) is 8.78 Å². The van der Waals surface area contributed by atoms with Crippen molar-refractivity contribution in [3.05, 3.63) is 49.9 Å². The molecule has 2 aliphatic heterocycles. The number of carboxylic acids is 1. The molecule has 39 heavy (non-hydrogen) atoms. The molecule has 8 nitrogen and oxygen atoms in total. The number of amides is 2. The van der Waals surface area contributed by atoms with E-state index in [0.717, 1.165) is 9.80 Å². The Morgan fingerprint density at radius 3 is 2.31 bits per heavy atom. The Balaban J connectivity index is 1.84. The van der Waals surface area contributed by atoms with Crippen LogP contribution < -0.4 is 15.0 Å². The number of anilines is 2. The summed E-state index contributed by atoms with van der Waals surface area (Å²) in [6.07, 6.45) is -1.37. The number of carboxylic acid groups (broad SMARTS) is 1. The van der Waals surface area contributed by atoms with Crippen molar-refractivity contribution in [2.24, 2.45) is 5.92 Å². The number of alkyl halides is 2. The van der Waals surface area contributed by atoms with Gasteiger partial charge in [0.1, 0.15) is 5.54 Å². The van der Waals surface area contributed by atoms with E-state index in [-0.39, 0.29) is 42.8 Å². The average molecular weight is 625 g/mol. The van der Waals surface area contributed by atoms with Crippen LogP contribution in [0.4, 0.5) is 20.2 Å². The molecule has 0 radical (unpaired) electrons. The summed E-state index contributed by atoms with van der Waals surface area (Å²) < 4.78 is 34.4. The molecule has 0 aliphatic carbocycles. The molecule has 4 rings (SSSR count). The van der Waals surface area contributed by atoms with Crippen LogP contribution in [0.15, 0.2) is 24.3 Å². The van der Waals surface area contributed by atoms with Gasteiger partial charge in [0.15, 0.2) is 5.75 Å². The number of hydrogen-bond acceptors (Lipinski definition) is 5. The maximum Gasteiger partial charge on any atom is 0.309 e. The number of hydrogen-bond donors (Lipinski definition) is 2. The van der Waals surface area contributed by atoms with Gasteiger partial charge < -0.3 is 20.1 Å². The summed E-state index contributed by atoms with van der Waals surface area (Å²) in [5, 5.41) is 13.3. The Kier molecular flexibility index (Phi) is 8.01. The zero-order valence-electron chi connectivity index (χ0n) is 20.8. The number of benzene rings is 2. The largest absolute Gasteiger partial charge is 0.494 e. The van der Waals surface area contributed by atoms with Gasteiger partial charge in [-0.2, -0.15) is 0 Å². The number of nitrogens with zero attached hydrogens (tertiary/aromatic N) is 2. The molecule has 2 N–H and O–H groups in total. The number of ether oxygens (including phenoxy) is 1. The first-order chi connectivity index (χ1) is 18.1. The first-order valence-corrected chi connectivity index (χ1v) is 13.1. The fourth-order valence-corrected chi connectivity index (χ4v) is 6.62. The monoisotopic (exact) mass is 623 g/mol. The average Bonchev–Trinajstić information content (AvgIpc) is 3.28. The second-order valence-electron chi connectivity index (χ2n) is 9.56. The highest BCUT2D eigenvalue weighted by atomic mass is 35.5. The molecule has 1 saturated heterocycles. The number of methoxy groups -OCH3 is 1. The van der Waals surface area contributed by atoms with E-state index in [0.29, 0.717) is 0 Å². The van der Waals surface area contributed by atoms with Crippen molar-refractivity contribution in [2.75, 3.05) is 30.9 Å². The van der Waals surface area contributed by atoms with E-state index < -0.39 is 60.6 Å². The molecule has 3 atom stereocenters. The first-order valence-electron chi connectivity index (χ1n) is 11.6. The Morgan fingerprint density at radius 1 is 1.18 bits per heavy atom. The van der Waals surface area contributed by atoms with Crippen molar-refractivity contribution in [2.45, 2.75) is 37.3 Å². The second kappa shape index (κ2) is 10.6. The molecule has 14 heteroatoms. The fraction of sp³-hybridized carbons (Fsp3) is 0.400. The molecular weight excluding hydrogens is 602 g/mol. The normalized spacial score (nSPS) is 22.8. The lowest BCUT2D eigenvalue weighted by Crippen LogP contribution is -2.60. The lowest BCUT2D eigenvalue weighted by Gasteiger charge is -2.43. The zero-order valence-corrected chi connectivity index (χ0v) is 23.9. The third kappa shape index (κ3) is 5.02. The van der Waals surface area contributed by atoms with Crippen molar-refractivity contribution in [3.63, 3.8) is 0 Å². The first kappa shape index (κ1) is 29.6. The lowest BCUT2D eigenvalue weighted by atomic mass is 9.74.